The molecule has 3 aromatic heterocycles. The Balaban J connectivity index is 1.53. The molecule has 0 bridgehead atoms. The van der Waals surface area contributed by atoms with Gasteiger partial charge >= 0.3 is 5.97 Å². The van der Waals surface area contributed by atoms with Gasteiger partial charge in [-0.3, -0.25) is 14.2 Å². The van der Waals surface area contributed by atoms with E-state index in [2.05, 4.69) is 5.16 Å². The number of esters is 1. The van der Waals surface area contributed by atoms with Crippen molar-refractivity contribution in [2.75, 3.05) is 6.61 Å². The summed E-state index contributed by atoms with van der Waals surface area (Å²) in [6.07, 6.45) is 0. The molecule has 0 aliphatic rings. The van der Waals surface area contributed by atoms with Crippen LogP contribution in [0, 0.1) is 20.8 Å². The molecule has 1 aromatic carbocycles. The fraction of sp³-hybridized carbons (Fsp3) is 0.182. The van der Waals surface area contributed by atoms with E-state index in [-0.39, 0.29) is 22.6 Å². The third kappa shape index (κ3) is 3.43. The van der Waals surface area contributed by atoms with E-state index in [4.69, 9.17) is 13.7 Å². The normalized spacial score (nSPS) is 11.0. The predicted octanol–water partition coefficient (Wildman–Crippen LogP) is 3.54. The number of ether oxygens (including phenoxy) is 1. The third-order valence-electron chi connectivity index (χ3n) is 4.75. The van der Waals surface area contributed by atoms with Crippen molar-refractivity contribution in [2.24, 2.45) is 0 Å². The zero-order valence-electron chi connectivity index (χ0n) is 16.6. The number of benzene rings is 1. The first kappa shape index (κ1) is 19.4. The molecule has 152 valence electrons. The fourth-order valence-electron chi connectivity index (χ4n) is 3.34. The second-order valence-electron chi connectivity index (χ2n) is 6.89. The van der Waals surface area contributed by atoms with Gasteiger partial charge in [0.1, 0.15) is 11.3 Å². The summed E-state index contributed by atoms with van der Waals surface area (Å²) in [4.78, 5) is 37.1. The standard InChI is InChI=1S/C22H18N2O6/c1-12-8-16(14(3)24(12)21-9-13(2)30-23-21)18(26)11-28-22(27)20-10-17(25)15-6-4-5-7-19(15)29-20/h4-10H,11H2,1-3H3. The van der Waals surface area contributed by atoms with Gasteiger partial charge in [-0.05, 0) is 39.0 Å². The lowest BCUT2D eigenvalue weighted by molar-refractivity contribution is 0.0444. The van der Waals surface area contributed by atoms with Crippen LogP contribution in [0.2, 0.25) is 0 Å². The largest absolute Gasteiger partial charge is 0.451 e. The van der Waals surface area contributed by atoms with Gasteiger partial charge in [0.05, 0.1) is 5.39 Å². The van der Waals surface area contributed by atoms with E-state index < -0.39 is 12.6 Å². The highest BCUT2D eigenvalue weighted by molar-refractivity contribution is 6.00. The first-order chi connectivity index (χ1) is 14.3. The summed E-state index contributed by atoms with van der Waals surface area (Å²) < 4.78 is 17.4. The molecule has 8 nitrogen and oxygen atoms in total. The number of nitrogens with zero attached hydrogens (tertiary/aromatic N) is 2. The second kappa shape index (κ2) is 7.47. The lowest BCUT2D eigenvalue weighted by atomic mass is 10.1. The predicted molar refractivity (Wildman–Crippen MR) is 107 cm³/mol. The lowest BCUT2D eigenvalue weighted by Crippen LogP contribution is -2.16. The van der Waals surface area contributed by atoms with E-state index in [0.29, 0.717) is 28.2 Å². The Morgan fingerprint density at radius 2 is 1.87 bits per heavy atom. The minimum atomic E-state index is -0.882. The SMILES string of the molecule is Cc1cc(-n2c(C)cc(C(=O)COC(=O)c3cc(=O)c4ccccc4o3)c2C)no1. The van der Waals surface area contributed by atoms with Crippen LogP contribution in [0.4, 0.5) is 0 Å². The molecule has 4 rings (SSSR count). The van der Waals surface area contributed by atoms with Crippen molar-refractivity contribution < 1.29 is 23.3 Å². The molecule has 4 aromatic rings. The Labute approximate surface area is 170 Å². The van der Waals surface area contributed by atoms with Crippen molar-refractivity contribution in [3.63, 3.8) is 0 Å². The monoisotopic (exact) mass is 406 g/mol. The van der Waals surface area contributed by atoms with Crippen molar-refractivity contribution in [3.8, 4) is 5.82 Å². The Morgan fingerprint density at radius 3 is 2.60 bits per heavy atom. The zero-order chi connectivity index (χ0) is 21.4. The number of hydrogen-bond donors (Lipinski definition) is 0. The van der Waals surface area contributed by atoms with Crippen LogP contribution < -0.4 is 5.43 Å². The average Bonchev–Trinajstić information content (AvgIpc) is 3.27. The number of Topliss-reactive ketones (excluding diaryl/α,β-unsaturated/α-hetero) is 1. The molecule has 0 aliphatic heterocycles. The maximum Gasteiger partial charge on any atom is 0.374 e. The number of rotatable bonds is 5. The molecule has 0 amide bonds. The van der Waals surface area contributed by atoms with Crippen LogP contribution in [-0.4, -0.2) is 28.1 Å². The van der Waals surface area contributed by atoms with Crippen LogP contribution in [0.5, 0.6) is 0 Å². The molecular weight excluding hydrogens is 388 g/mol. The molecule has 0 saturated carbocycles. The number of ketones is 1. The van der Waals surface area contributed by atoms with Gasteiger partial charge in [0, 0.05) is 29.1 Å². The summed E-state index contributed by atoms with van der Waals surface area (Å²) in [6.45, 7) is 4.90. The number of aryl methyl sites for hydroxylation is 2. The van der Waals surface area contributed by atoms with Gasteiger partial charge in [-0.15, -0.1) is 0 Å². The summed E-state index contributed by atoms with van der Waals surface area (Å²) in [5.41, 5.74) is 1.76. The Morgan fingerprint density at radius 1 is 1.10 bits per heavy atom. The van der Waals surface area contributed by atoms with E-state index >= 15 is 0 Å². The number of carbonyl (C=O) groups is 2. The highest BCUT2D eigenvalue weighted by Gasteiger charge is 2.21. The van der Waals surface area contributed by atoms with Crippen molar-refractivity contribution in [3.05, 3.63) is 81.2 Å². The third-order valence-corrected chi connectivity index (χ3v) is 4.75. The fourth-order valence-corrected chi connectivity index (χ4v) is 3.34. The number of para-hydroxylation sites is 1. The van der Waals surface area contributed by atoms with E-state index in [9.17, 15) is 14.4 Å². The van der Waals surface area contributed by atoms with Crippen LogP contribution in [0.1, 0.15) is 38.1 Å². The highest BCUT2D eigenvalue weighted by Crippen LogP contribution is 2.21. The summed E-state index contributed by atoms with van der Waals surface area (Å²) >= 11 is 0. The summed E-state index contributed by atoms with van der Waals surface area (Å²) in [5, 5.41) is 4.34. The van der Waals surface area contributed by atoms with E-state index in [1.807, 2.05) is 6.92 Å². The Hall–Kier alpha value is -3.94. The van der Waals surface area contributed by atoms with Crippen molar-refractivity contribution in [2.45, 2.75) is 20.8 Å². The van der Waals surface area contributed by atoms with Gasteiger partial charge in [-0.25, -0.2) is 4.79 Å². The smallest absolute Gasteiger partial charge is 0.374 e. The molecule has 30 heavy (non-hydrogen) atoms. The molecule has 0 aliphatic carbocycles. The zero-order valence-corrected chi connectivity index (χ0v) is 16.6. The molecule has 3 heterocycles. The van der Waals surface area contributed by atoms with Gasteiger partial charge < -0.3 is 13.7 Å². The molecular formula is C22H18N2O6. The second-order valence-corrected chi connectivity index (χ2v) is 6.89. The Bertz CT molecular complexity index is 1340. The van der Waals surface area contributed by atoms with Crippen LogP contribution >= 0.6 is 0 Å². The minimum Gasteiger partial charge on any atom is -0.451 e. The summed E-state index contributed by atoms with van der Waals surface area (Å²) in [7, 11) is 0. The van der Waals surface area contributed by atoms with Crippen LogP contribution in [0.15, 0.2) is 56.2 Å². The van der Waals surface area contributed by atoms with Gasteiger partial charge in [-0.1, -0.05) is 17.3 Å². The molecule has 8 heteroatoms. The summed E-state index contributed by atoms with van der Waals surface area (Å²) in [6, 6.07) is 11.1. The van der Waals surface area contributed by atoms with E-state index in [1.54, 1.807) is 54.8 Å². The van der Waals surface area contributed by atoms with Gasteiger partial charge in [0.15, 0.2) is 17.9 Å². The van der Waals surface area contributed by atoms with Crippen LogP contribution in [-0.2, 0) is 4.74 Å². The van der Waals surface area contributed by atoms with Gasteiger partial charge in [-0.2, -0.15) is 0 Å². The average molecular weight is 406 g/mol. The number of hydrogen-bond acceptors (Lipinski definition) is 7. The van der Waals surface area contributed by atoms with Crippen molar-refractivity contribution in [1.29, 1.82) is 0 Å². The van der Waals surface area contributed by atoms with E-state index in [1.165, 1.54) is 0 Å². The number of carbonyl (C=O) groups excluding carboxylic acids is 2. The topological polar surface area (TPSA) is 105 Å². The number of aromatic nitrogens is 2. The van der Waals surface area contributed by atoms with Gasteiger partial charge in [0.25, 0.3) is 0 Å². The molecule has 0 N–H and O–H groups in total. The quantitative estimate of drug-likeness (QED) is 0.369. The maximum absolute atomic E-state index is 12.7. The minimum absolute atomic E-state index is 0.255. The Kier molecular flexibility index (Phi) is 4.83. The molecule has 0 fully saturated rings. The maximum atomic E-state index is 12.7. The molecule has 0 spiro atoms. The molecule has 0 radical (unpaired) electrons. The first-order valence-electron chi connectivity index (χ1n) is 9.21. The molecule has 0 saturated heterocycles. The lowest BCUT2D eigenvalue weighted by Gasteiger charge is -2.06. The van der Waals surface area contributed by atoms with Crippen LogP contribution in [0.25, 0.3) is 16.8 Å². The molecule has 0 unspecified atom stereocenters. The van der Waals surface area contributed by atoms with Crippen molar-refractivity contribution in [1.82, 2.24) is 9.72 Å². The van der Waals surface area contributed by atoms with Crippen LogP contribution in [0.3, 0.4) is 0 Å². The van der Waals surface area contributed by atoms with Gasteiger partial charge in [0.2, 0.25) is 11.5 Å². The first-order valence-corrected chi connectivity index (χ1v) is 9.21. The van der Waals surface area contributed by atoms with Crippen molar-refractivity contribution >= 4 is 22.7 Å². The highest BCUT2D eigenvalue weighted by atomic mass is 16.5. The number of fused-ring (bicyclic) bond motifs is 1. The van der Waals surface area contributed by atoms with E-state index in [0.717, 1.165) is 11.8 Å². The summed E-state index contributed by atoms with van der Waals surface area (Å²) in [5.74, 6) is -0.305. The molecule has 0 atom stereocenters.